The highest BCUT2D eigenvalue weighted by molar-refractivity contribution is 5.66. The van der Waals surface area contributed by atoms with Crippen LogP contribution < -0.4 is 0 Å². The van der Waals surface area contributed by atoms with Crippen LogP contribution in [-0.2, 0) is 4.79 Å². The maximum Gasteiger partial charge on any atom is 0.303 e. The zero-order chi connectivity index (χ0) is 15.1. The SMILES string of the molecule is CCCCCCC(CC)CCCCCCCCC(=O)O. The molecule has 0 saturated heterocycles. The van der Waals surface area contributed by atoms with Crippen LogP contribution in [0.15, 0.2) is 0 Å². The van der Waals surface area contributed by atoms with Gasteiger partial charge in [0.25, 0.3) is 0 Å². The molecule has 0 aliphatic carbocycles. The van der Waals surface area contributed by atoms with Crippen molar-refractivity contribution in [1.82, 2.24) is 0 Å². The topological polar surface area (TPSA) is 37.3 Å². The van der Waals surface area contributed by atoms with Gasteiger partial charge < -0.3 is 5.11 Å². The molecule has 0 aromatic rings. The molecule has 1 unspecified atom stereocenters. The molecule has 0 spiro atoms. The van der Waals surface area contributed by atoms with E-state index in [1.165, 1.54) is 70.6 Å². The molecule has 0 rings (SSSR count). The molecule has 0 aromatic heterocycles. The van der Waals surface area contributed by atoms with Gasteiger partial charge in [0.2, 0.25) is 0 Å². The Balaban J connectivity index is 3.31. The zero-order valence-electron chi connectivity index (χ0n) is 13.8. The fourth-order valence-electron chi connectivity index (χ4n) is 2.83. The summed E-state index contributed by atoms with van der Waals surface area (Å²) in [7, 11) is 0. The maximum atomic E-state index is 10.4. The van der Waals surface area contributed by atoms with Crippen molar-refractivity contribution in [1.29, 1.82) is 0 Å². The number of rotatable bonds is 15. The minimum absolute atomic E-state index is 0.343. The summed E-state index contributed by atoms with van der Waals surface area (Å²) < 4.78 is 0. The number of aliphatic carboxylic acids is 1. The third kappa shape index (κ3) is 13.9. The van der Waals surface area contributed by atoms with E-state index in [-0.39, 0.29) is 0 Å². The Labute approximate surface area is 126 Å². The average molecular weight is 284 g/mol. The maximum absolute atomic E-state index is 10.4. The number of unbranched alkanes of at least 4 members (excludes halogenated alkanes) is 8. The quantitative estimate of drug-likeness (QED) is 0.364. The summed E-state index contributed by atoms with van der Waals surface area (Å²) in [5.41, 5.74) is 0. The van der Waals surface area contributed by atoms with Crippen LogP contribution in [0.1, 0.15) is 104 Å². The Morgan fingerprint density at radius 1 is 0.800 bits per heavy atom. The van der Waals surface area contributed by atoms with E-state index in [2.05, 4.69) is 13.8 Å². The normalized spacial score (nSPS) is 12.5. The van der Waals surface area contributed by atoms with E-state index in [4.69, 9.17) is 5.11 Å². The minimum Gasteiger partial charge on any atom is -0.481 e. The molecule has 0 fully saturated rings. The fraction of sp³-hybridized carbons (Fsp3) is 0.944. The molecule has 120 valence electrons. The first-order valence-corrected chi connectivity index (χ1v) is 8.92. The van der Waals surface area contributed by atoms with E-state index < -0.39 is 5.97 Å². The summed E-state index contributed by atoms with van der Waals surface area (Å²) in [6.07, 6.45) is 17.2. The molecule has 20 heavy (non-hydrogen) atoms. The highest BCUT2D eigenvalue weighted by atomic mass is 16.4. The monoisotopic (exact) mass is 284 g/mol. The largest absolute Gasteiger partial charge is 0.481 e. The summed E-state index contributed by atoms with van der Waals surface area (Å²) in [5.74, 6) is 0.290. The third-order valence-electron chi connectivity index (χ3n) is 4.30. The van der Waals surface area contributed by atoms with Gasteiger partial charge in [0.15, 0.2) is 0 Å². The lowest BCUT2D eigenvalue weighted by atomic mass is 9.92. The van der Waals surface area contributed by atoms with E-state index in [1.54, 1.807) is 0 Å². The van der Waals surface area contributed by atoms with Crippen LogP contribution in [0.4, 0.5) is 0 Å². The number of carboxylic acid groups (broad SMARTS) is 1. The lowest BCUT2D eigenvalue weighted by molar-refractivity contribution is -0.137. The van der Waals surface area contributed by atoms with Crippen molar-refractivity contribution < 1.29 is 9.90 Å². The molecule has 2 heteroatoms. The van der Waals surface area contributed by atoms with Crippen LogP contribution in [0.25, 0.3) is 0 Å². The van der Waals surface area contributed by atoms with E-state index in [0.29, 0.717) is 6.42 Å². The third-order valence-corrected chi connectivity index (χ3v) is 4.30. The van der Waals surface area contributed by atoms with Crippen molar-refractivity contribution >= 4 is 5.97 Å². The van der Waals surface area contributed by atoms with E-state index >= 15 is 0 Å². The van der Waals surface area contributed by atoms with Crippen LogP contribution in [-0.4, -0.2) is 11.1 Å². The Hall–Kier alpha value is -0.530. The van der Waals surface area contributed by atoms with Crippen molar-refractivity contribution in [2.75, 3.05) is 0 Å². The second-order valence-electron chi connectivity index (χ2n) is 6.18. The van der Waals surface area contributed by atoms with Crippen molar-refractivity contribution in [3.63, 3.8) is 0 Å². The molecular formula is C18H36O2. The average Bonchev–Trinajstić information content (AvgIpc) is 2.43. The standard InChI is InChI=1S/C18H36O2/c1-3-5-6-11-14-17(4-2)15-12-9-7-8-10-13-16-18(19)20/h17H,3-16H2,1-2H3,(H,19,20). The first-order chi connectivity index (χ1) is 9.70. The lowest BCUT2D eigenvalue weighted by Gasteiger charge is -2.14. The molecule has 1 atom stereocenters. The molecule has 0 saturated carbocycles. The molecule has 0 amide bonds. The summed E-state index contributed by atoms with van der Waals surface area (Å²) in [5, 5.41) is 8.55. The molecular weight excluding hydrogens is 248 g/mol. The van der Waals surface area contributed by atoms with Gasteiger partial charge in [-0.3, -0.25) is 4.79 Å². The molecule has 0 bridgehead atoms. The van der Waals surface area contributed by atoms with Crippen LogP contribution in [0.3, 0.4) is 0 Å². The second-order valence-corrected chi connectivity index (χ2v) is 6.18. The summed E-state index contributed by atoms with van der Waals surface area (Å²) >= 11 is 0. The van der Waals surface area contributed by atoms with Gasteiger partial charge in [-0.25, -0.2) is 0 Å². The number of hydrogen-bond donors (Lipinski definition) is 1. The van der Waals surface area contributed by atoms with E-state index in [9.17, 15) is 4.79 Å². The highest BCUT2D eigenvalue weighted by Crippen LogP contribution is 2.21. The fourth-order valence-corrected chi connectivity index (χ4v) is 2.83. The molecule has 0 aliphatic rings. The first-order valence-electron chi connectivity index (χ1n) is 8.92. The van der Waals surface area contributed by atoms with Crippen molar-refractivity contribution in [3.8, 4) is 0 Å². The minimum atomic E-state index is -0.654. The summed E-state index contributed by atoms with van der Waals surface area (Å²) in [4.78, 5) is 10.4. The molecule has 1 N–H and O–H groups in total. The smallest absolute Gasteiger partial charge is 0.303 e. The molecule has 0 heterocycles. The van der Waals surface area contributed by atoms with Crippen LogP contribution >= 0.6 is 0 Å². The Morgan fingerprint density at radius 2 is 1.30 bits per heavy atom. The van der Waals surface area contributed by atoms with Crippen molar-refractivity contribution in [3.05, 3.63) is 0 Å². The predicted molar refractivity (Wildman–Crippen MR) is 87.1 cm³/mol. The number of carboxylic acids is 1. The van der Waals surface area contributed by atoms with Gasteiger partial charge in [-0.1, -0.05) is 90.9 Å². The van der Waals surface area contributed by atoms with Gasteiger partial charge >= 0.3 is 5.97 Å². The first kappa shape index (κ1) is 19.5. The van der Waals surface area contributed by atoms with Gasteiger partial charge in [0, 0.05) is 6.42 Å². The summed E-state index contributed by atoms with van der Waals surface area (Å²) in [6.45, 7) is 4.60. The van der Waals surface area contributed by atoms with Crippen LogP contribution in [0, 0.1) is 5.92 Å². The Kier molecular flexibility index (Phi) is 14.5. The van der Waals surface area contributed by atoms with Crippen molar-refractivity contribution in [2.24, 2.45) is 5.92 Å². The second kappa shape index (κ2) is 14.9. The van der Waals surface area contributed by atoms with Gasteiger partial charge in [-0.05, 0) is 12.3 Å². The molecule has 0 radical (unpaired) electrons. The Bertz CT molecular complexity index is 213. The van der Waals surface area contributed by atoms with E-state index in [1.807, 2.05) is 0 Å². The van der Waals surface area contributed by atoms with Gasteiger partial charge in [-0.2, -0.15) is 0 Å². The Morgan fingerprint density at radius 3 is 1.80 bits per heavy atom. The predicted octanol–water partition coefficient (Wildman–Crippen LogP) is 6.19. The highest BCUT2D eigenvalue weighted by Gasteiger charge is 2.05. The lowest BCUT2D eigenvalue weighted by Crippen LogP contribution is -1.99. The molecule has 0 aromatic carbocycles. The van der Waals surface area contributed by atoms with Gasteiger partial charge in [0.05, 0.1) is 0 Å². The van der Waals surface area contributed by atoms with Crippen molar-refractivity contribution in [2.45, 2.75) is 104 Å². The molecule has 0 aliphatic heterocycles. The number of hydrogen-bond acceptors (Lipinski definition) is 1. The number of carbonyl (C=O) groups is 1. The van der Waals surface area contributed by atoms with Gasteiger partial charge in [0.1, 0.15) is 0 Å². The summed E-state index contributed by atoms with van der Waals surface area (Å²) in [6, 6.07) is 0. The zero-order valence-corrected chi connectivity index (χ0v) is 13.8. The van der Waals surface area contributed by atoms with Gasteiger partial charge in [-0.15, -0.1) is 0 Å². The van der Waals surface area contributed by atoms with E-state index in [0.717, 1.165) is 18.8 Å². The van der Waals surface area contributed by atoms with Crippen LogP contribution in [0.5, 0.6) is 0 Å². The molecule has 2 nitrogen and oxygen atoms in total. The van der Waals surface area contributed by atoms with Crippen LogP contribution in [0.2, 0.25) is 0 Å².